The molecule has 2 nitrogen and oxygen atoms in total. The summed E-state index contributed by atoms with van der Waals surface area (Å²) in [4.78, 5) is 0. The van der Waals surface area contributed by atoms with Gasteiger partial charge in [0.05, 0.1) is 7.11 Å². The molecule has 0 radical (unpaired) electrons. The molecular weight excluding hydrogens is 206 g/mol. The quantitative estimate of drug-likeness (QED) is 0.832. The van der Waals surface area contributed by atoms with E-state index in [1.807, 2.05) is 24.9 Å². The number of nitrogens with one attached hydrogen (secondary N) is 1. The van der Waals surface area contributed by atoms with Crippen LogP contribution in [0.1, 0.15) is 24.1 Å². The van der Waals surface area contributed by atoms with E-state index in [0.717, 1.165) is 11.5 Å². The molecule has 0 aromatic heterocycles. The number of thioether (sulfide) groups is 1. The Morgan fingerprint density at radius 2 is 2.27 bits per heavy atom. The average molecular weight is 223 g/mol. The van der Waals surface area contributed by atoms with Crippen molar-refractivity contribution in [2.24, 2.45) is 0 Å². The molecule has 3 heteroatoms. The zero-order chi connectivity index (χ0) is 10.8. The van der Waals surface area contributed by atoms with Crippen molar-refractivity contribution in [1.82, 2.24) is 5.32 Å². The number of hydrogen-bond acceptors (Lipinski definition) is 3. The second-order valence-electron chi connectivity index (χ2n) is 3.85. The summed E-state index contributed by atoms with van der Waals surface area (Å²) in [6.45, 7) is 2.27. The summed E-state index contributed by atoms with van der Waals surface area (Å²) in [6.07, 6.45) is 0. The minimum absolute atomic E-state index is 0.439. The summed E-state index contributed by atoms with van der Waals surface area (Å²) in [5.41, 5.74) is 2.82. The zero-order valence-corrected chi connectivity index (χ0v) is 10.2. The molecular formula is C12H17NOS. The Balaban J connectivity index is 2.41. The predicted octanol–water partition coefficient (Wildman–Crippen LogP) is 2.59. The van der Waals surface area contributed by atoms with Crippen molar-refractivity contribution in [3.8, 4) is 5.75 Å². The maximum atomic E-state index is 5.27. The molecule has 0 bridgehead atoms. The SMILES string of the molecule is CNC1c2cc(OC)ccc2CSC1C. The van der Waals surface area contributed by atoms with Gasteiger partial charge in [0.1, 0.15) is 5.75 Å². The highest BCUT2D eigenvalue weighted by molar-refractivity contribution is 7.99. The van der Waals surface area contributed by atoms with Gasteiger partial charge in [-0.3, -0.25) is 0 Å². The standard InChI is InChI=1S/C12H17NOS/c1-8-12(13-2)11-6-10(14-3)5-4-9(11)7-15-8/h4-6,8,12-13H,7H2,1-3H3. The van der Waals surface area contributed by atoms with Gasteiger partial charge in [-0.25, -0.2) is 0 Å². The van der Waals surface area contributed by atoms with Crippen LogP contribution >= 0.6 is 11.8 Å². The van der Waals surface area contributed by atoms with Crippen molar-refractivity contribution in [2.45, 2.75) is 24.0 Å². The lowest BCUT2D eigenvalue weighted by Gasteiger charge is -2.31. The van der Waals surface area contributed by atoms with Crippen molar-refractivity contribution < 1.29 is 4.74 Å². The number of fused-ring (bicyclic) bond motifs is 1. The fourth-order valence-electron chi connectivity index (χ4n) is 2.08. The third-order valence-electron chi connectivity index (χ3n) is 2.97. The van der Waals surface area contributed by atoms with Crippen molar-refractivity contribution >= 4 is 11.8 Å². The van der Waals surface area contributed by atoms with E-state index in [9.17, 15) is 0 Å². The number of ether oxygens (including phenoxy) is 1. The Morgan fingerprint density at radius 1 is 1.47 bits per heavy atom. The number of hydrogen-bond donors (Lipinski definition) is 1. The van der Waals surface area contributed by atoms with E-state index in [1.54, 1.807) is 7.11 Å². The molecule has 0 saturated carbocycles. The van der Waals surface area contributed by atoms with Gasteiger partial charge in [-0.2, -0.15) is 11.8 Å². The average Bonchev–Trinajstić information content (AvgIpc) is 2.28. The lowest BCUT2D eigenvalue weighted by molar-refractivity contribution is 0.413. The van der Waals surface area contributed by atoms with Gasteiger partial charge in [-0.05, 0) is 30.3 Å². The van der Waals surface area contributed by atoms with Gasteiger partial charge in [0, 0.05) is 17.0 Å². The first-order valence-electron chi connectivity index (χ1n) is 5.22. The Hall–Kier alpha value is -0.670. The summed E-state index contributed by atoms with van der Waals surface area (Å²) >= 11 is 2.00. The Morgan fingerprint density at radius 3 is 2.93 bits per heavy atom. The summed E-state index contributed by atoms with van der Waals surface area (Å²) < 4.78 is 5.27. The van der Waals surface area contributed by atoms with Gasteiger partial charge in [-0.1, -0.05) is 13.0 Å². The second-order valence-corrected chi connectivity index (χ2v) is 5.21. The smallest absolute Gasteiger partial charge is 0.119 e. The molecule has 2 unspecified atom stereocenters. The van der Waals surface area contributed by atoms with Crippen molar-refractivity contribution in [3.05, 3.63) is 29.3 Å². The highest BCUT2D eigenvalue weighted by Crippen LogP contribution is 2.38. The fourth-order valence-corrected chi connectivity index (χ4v) is 3.26. The number of rotatable bonds is 2. The third kappa shape index (κ3) is 1.99. The molecule has 1 aliphatic heterocycles. The predicted molar refractivity (Wildman–Crippen MR) is 65.6 cm³/mol. The van der Waals surface area contributed by atoms with Crippen LogP contribution in [0.15, 0.2) is 18.2 Å². The highest BCUT2D eigenvalue weighted by atomic mass is 32.2. The van der Waals surface area contributed by atoms with E-state index in [1.165, 1.54) is 11.1 Å². The lowest BCUT2D eigenvalue weighted by Crippen LogP contribution is -2.29. The van der Waals surface area contributed by atoms with Gasteiger partial charge in [0.2, 0.25) is 0 Å². The Bertz CT molecular complexity index is 353. The number of methoxy groups -OCH3 is 1. The van der Waals surface area contributed by atoms with Gasteiger partial charge in [0.15, 0.2) is 0 Å². The zero-order valence-electron chi connectivity index (χ0n) is 9.41. The largest absolute Gasteiger partial charge is 0.497 e. The molecule has 1 aliphatic rings. The van der Waals surface area contributed by atoms with E-state index in [-0.39, 0.29) is 0 Å². The second kappa shape index (κ2) is 4.45. The topological polar surface area (TPSA) is 21.3 Å². The van der Waals surface area contributed by atoms with Crippen molar-refractivity contribution in [3.63, 3.8) is 0 Å². The van der Waals surface area contributed by atoms with Crippen LogP contribution in [-0.2, 0) is 5.75 Å². The number of benzene rings is 1. The normalized spacial score (nSPS) is 24.7. The molecule has 1 aromatic rings. The molecule has 82 valence electrons. The Labute approximate surface area is 95.4 Å². The van der Waals surface area contributed by atoms with Gasteiger partial charge in [-0.15, -0.1) is 0 Å². The van der Waals surface area contributed by atoms with Gasteiger partial charge in [0.25, 0.3) is 0 Å². The van der Waals surface area contributed by atoms with E-state index >= 15 is 0 Å². The van der Waals surface area contributed by atoms with Crippen LogP contribution in [0.5, 0.6) is 5.75 Å². The van der Waals surface area contributed by atoms with Crippen molar-refractivity contribution in [2.75, 3.05) is 14.2 Å². The van der Waals surface area contributed by atoms with E-state index in [2.05, 4.69) is 24.4 Å². The molecule has 0 amide bonds. The first-order valence-corrected chi connectivity index (χ1v) is 6.27. The molecule has 1 heterocycles. The summed E-state index contributed by atoms with van der Waals surface area (Å²) in [5.74, 6) is 2.06. The summed E-state index contributed by atoms with van der Waals surface area (Å²) in [6, 6.07) is 6.82. The monoisotopic (exact) mass is 223 g/mol. The van der Waals surface area contributed by atoms with Crippen LogP contribution in [-0.4, -0.2) is 19.4 Å². The summed E-state index contributed by atoms with van der Waals surface area (Å²) in [5, 5.41) is 4.00. The maximum absolute atomic E-state index is 5.27. The molecule has 1 N–H and O–H groups in total. The van der Waals surface area contributed by atoms with E-state index in [4.69, 9.17) is 4.74 Å². The lowest BCUT2D eigenvalue weighted by atomic mass is 9.98. The first kappa shape index (κ1) is 10.8. The molecule has 2 rings (SSSR count). The van der Waals surface area contributed by atoms with Gasteiger partial charge < -0.3 is 10.1 Å². The molecule has 0 saturated heterocycles. The van der Waals surface area contributed by atoms with Crippen LogP contribution in [0.3, 0.4) is 0 Å². The van der Waals surface area contributed by atoms with Crippen LogP contribution in [0, 0.1) is 0 Å². The first-order chi connectivity index (χ1) is 7.26. The molecule has 1 aromatic carbocycles. The third-order valence-corrected chi connectivity index (χ3v) is 4.25. The minimum atomic E-state index is 0.439. The molecule has 2 atom stereocenters. The van der Waals surface area contributed by atoms with Crippen molar-refractivity contribution in [1.29, 1.82) is 0 Å². The summed E-state index contributed by atoms with van der Waals surface area (Å²) in [7, 11) is 3.74. The highest BCUT2D eigenvalue weighted by Gasteiger charge is 2.25. The molecule has 15 heavy (non-hydrogen) atoms. The Kier molecular flexibility index (Phi) is 3.22. The van der Waals surface area contributed by atoms with Crippen LogP contribution in [0.4, 0.5) is 0 Å². The minimum Gasteiger partial charge on any atom is -0.497 e. The van der Waals surface area contributed by atoms with Crippen LogP contribution in [0.25, 0.3) is 0 Å². The maximum Gasteiger partial charge on any atom is 0.119 e. The molecule has 0 fully saturated rings. The van der Waals surface area contributed by atoms with Gasteiger partial charge >= 0.3 is 0 Å². The fraction of sp³-hybridized carbons (Fsp3) is 0.500. The van der Waals surface area contributed by atoms with E-state index in [0.29, 0.717) is 11.3 Å². The molecule has 0 aliphatic carbocycles. The van der Waals surface area contributed by atoms with Crippen LogP contribution < -0.4 is 10.1 Å². The van der Waals surface area contributed by atoms with Crippen LogP contribution in [0.2, 0.25) is 0 Å². The molecule has 0 spiro atoms. The van der Waals surface area contributed by atoms with E-state index < -0.39 is 0 Å².